The number of rotatable bonds is 4. The molecule has 2 aromatic rings. The summed E-state index contributed by atoms with van der Waals surface area (Å²) in [6.07, 6.45) is 0. The van der Waals surface area contributed by atoms with Crippen molar-refractivity contribution in [2.75, 3.05) is 12.4 Å². The van der Waals surface area contributed by atoms with Gasteiger partial charge < -0.3 is 10.1 Å². The Balaban J connectivity index is 2.07. The van der Waals surface area contributed by atoms with Crippen molar-refractivity contribution in [2.45, 2.75) is 0 Å². The predicted octanol–water partition coefficient (Wildman–Crippen LogP) is 2.73. The van der Waals surface area contributed by atoms with Crippen LogP contribution in [0.25, 0.3) is 0 Å². The van der Waals surface area contributed by atoms with Crippen LogP contribution in [-0.2, 0) is 0 Å². The molecule has 0 bridgehead atoms. The summed E-state index contributed by atoms with van der Waals surface area (Å²) >= 11 is 5.02. The average Bonchev–Trinajstić information content (AvgIpc) is 2.55. The Morgan fingerprint density at radius 3 is 2.65 bits per heavy atom. The zero-order chi connectivity index (χ0) is 16.8. The highest BCUT2D eigenvalue weighted by atomic mass is 32.1. The zero-order valence-corrected chi connectivity index (χ0v) is 12.9. The van der Waals surface area contributed by atoms with Crippen LogP contribution in [0.2, 0.25) is 0 Å². The number of ether oxygens (including phenoxy) is 1. The van der Waals surface area contributed by atoms with E-state index in [2.05, 4.69) is 10.6 Å². The molecule has 0 saturated carbocycles. The predicted molar refractivity (Wildman–Crippen MR) is 89.8 cm³/mol. The van der Waals surface area contributed by atoms with Crippen LogP contribution in [-0.4, -0.2) is 23.1 Å². The van der Waals surface area contributed by atoms with E-state index in [1.54, 1.807) is 36.4 Å². The first-order chi connectivity index (χ1) is 11.0. The molecule has 0 unspecified atom stereocenters. The summed E-state index contributed by atoms with van der Waals surface area (Å²) in [4.78, 5) is 22.5. The lowest BCUT2D eigenvalue weighted by Gasteiger charge is -2.10. The van der Waals surface area contributed by atoms with E-state index in [4.69, 9.17) is 17.0 Å². The van der Waals surface area contributed by atoms with Crippen molar-refractivity contribution in [1.29, 1.82) is 0 Å². The highest BCUT2D eigenvalue weighted by Gasteiger charge is 2.15. The van der Waals surface area contributed by atoms with E-state index in [9.17, 15) is 14.9 Å². The zero-order valence-electron chi connectivity index (χ0n) is 12.1. The Bertz CT molecular complexity index is 764. The Labute approximate surface area is 137 Å². The maximum Gasteiger partial charge on any atom is 0.292 e. The fourth-order valence-corrected chi connectivity index (χ4v) is 2.03. The quantitative estimate of drug-likeness (QED) is 0.508. The summed E-state index contributed by atoms with van der Waals surface area (Å²) in [6.45, 7) is 0. The number of benzene rings is 2. The van der Waals surface area contributed by atoms with Crippen LogP contribution in [0.1, 0.15) is 10.4 Å². The van der Waals surface area contributed by atoms with E-state index >= 15 is 0 Å². The van der Waals surface area contributed by atoms with Gasteiger partial charge in [0.05, 0.1) is 12.0 Å². The van der Waals surface area contributed by atoms with E-state index in [0.29, 0.717) is 11.3 Å². The Hall–Kier alpha value is -3.00. The molecule has 1 amide bonds. The molecule has 2 aromatic carbocycles. The molecular formula is C15H13N3O4S. The smallest absolute Gasteiger partial charge is 0.292 e. The van der Waals surface area contributed by atoms with E-state index in [1.165, 1.54) is 19.2 Å². The molecule has 8 heteroatoms. The molecular weight excluding hydrogens is 318 g/mol. The molecule has 0 atom stereocenters. The molecule has 0 saturated heterocycles. The van der Waals surface area contributed by atoms with Crippen LogP contribution < -0.4 is 15.4 Å². The molecule has 118 valence electrons. The SMILES string of the molecule is COc1cccc(C(=O)NC(=S)Nc2ccccc2[N+](=O)[O-])c1. The molecule has 0 fully saturated rings. The molecule has 0 aliphatic carbocycles. The second kappa shape index (κ2) is 7.32. The fraction of sp³-hybridized carbons (Fsp3) is 0.0667. The normalized spacial score (nSPS) is 9.78. The minimum absolute atomic E-state index is 0.0351. The number of hydrogen-bond acceptors (Lipinski definition) is 5. The van der Waals surface area contributed by atoms with Gasteiger partial charge >= 0.3 is 0 Å². The molecule has 0 aromatic heterocycles. The summed E-state index contributed by atoms with van der Waals surface area (Å²) in [7, 11) is 1.50. The second-order valence-corrected chi connectivity index (χ2v) is 4.82. The van der Waals surface area contributed by atoms with E-state index < -0.39 is 10.8 Å². The Morgan fingerprint density at radius 1 is 1.22 bits per heavy atom. The number of nitro benzene ring substituents is 1. The van der Waals surface area contributed by atoms with E-state index in [0.717, 1.165) is 0 Å². The second-order valence-electron chi connectivity index (χ2n) is 4.41. The number of anilines is 1. The van der Waals surface area contributed by atoms with Gasteiger partial charge in [-0.2, -0.15) is 0 Å². The van der Waals surface area contributed by atoms with Gasteiger partial charge in [-0.25, -0.2) is 0 Å². The van der Waals surface area contributed by atoms with Gasteiger partial charge in [-0.1, -0.05) is 18.2 Å². The van der Waals surface area contributed by atoms with Crippen molar-refractivity contribution in [3.05, 3.63) is 64.2 Å². The lowest BCUT2D eigenvalue weighted by atomic mass is 10.2. The van der Waals surface area contributed by atoms with Crippen molar-refractivity contribution in [3.63, 3.8) is 0 Å². The molecule has 0 spiro atoms. The molecule has 23 heavy (non-hydrogen) atoms. The third-order valence-corrected chi connectivity index (χ3v) is 3.11. The number of thiocarbonyl (C=S) groups is 1. The van der Waals surface area contributed by atoms with Crippen LogP contribution in [0.4, 0.5) is 11.4 Å². The van der Waals surface area contributed by atoms with Crippen molar-refractivity contribution >= 4 is 34.6 Å². The van der Waals surface area contributed by atoms with Crippen LogP contribution in [0.5, 0.6) is 5.75 Å². The molecule has 0 radical (unpaired) electrons. The van der Waals surface area contributed by atoms with Crippen molar-refractivity contribution in [1.82, 2.24) is 5.32 Å². The van der Waals surface area contributed by atoms with Crippen molar-refractivity contribution in [2.24, 2.45) is 0 Å². The summed E-state index contributed by atoms with van der Waals surface area (Å²) in [5.41, 5.74) is 0.426. The minimum Gasteiger partial charge on any atom is -0.497 e. The molecule has 0 aliphatic heterocycles. The Morgan fingerprint density at radius 2 is 1.96 bits per heavy atom. The average molecular weight is 331 g/mol. The van der Waals surface area contributed by atoms with Crippen LogP contribution >= 0.6 is 12.2 Å². The largest absolute Gasteiger partial charge is 0.497 e. The molecule has 0 aliphatic rings. The standard InChI is InChI=1S/C15H13N3O4S/c1-22-11-6-4-5-10(9-11)14(19)17-15(23)16-12-7-2-3-8-13(12)18(20)21/h2-9H,1H3,(H2,16,17,19,23). The van der Waals surface area contributed by atoms with Gasteiger partial charge in [0.25, 0.3) is 11.6 Å². The monoisotopic (exact) mass is 331 g/mol. The molecule has 2 N–H and O–H groups in total. The summed E-state index contributed by atoms with van der Waals surface area (Å²) < 4.78 is 5.04. The molecule has 0 heterocycles. The first-order valence-corrected chi connectivity index (χ1v) is 6.92. The summed E-state index contributed by atoms with van der Waals surface area (Å²) in [5, 5.41) is 16.0. The molecule has 7 nitrogen and oxygen atoms in total. The van der Waals surface area contributed by atoms with Gasteiger partial charge in [0.2, 0.25) is 0 Å². The number of amides is 1. The van der Waals surface area contributed by atoms with Gasteiger partial charge in [0.15, 0.2) is 5.11 Å². The van der Waals surface area contributed by atoms with Gasteiger partial charge in [-0.05, 0) is 36.5 Å². The third kappa shape index (κ3) is 4.24. The summed E-state index contributed by atoms with van der Waals surface area (Å²) in [5.74, 6) is 0.0928. The number of nitro groups is 1. The number of carbonyl (C=O) groups is 1. The lowest BCUT2D eigenvalue weighted by molar-refractivity contribution is -0.383. The van der Waals surface area contributed by atoms with Gasteiger partial charge in [-0.3, -0.25) is 20.2 Å². The number of hydrogen-bond donors (Lipinski definition) is 2. The number of nitrogens with zero attached hydrogens (tertiary/aromatic N) is 1. The van der Waals surface area contributed by atoms with E-state index in [-0.39, 0.29) is 16.5 Å². The fourth-order valence-electron chi connectivity index (χ4n) is 1.83. The maximum atomic E-state index is 12.1. The third-order valence-electron chi connectivity index (χ3n) is 2.91. The maximum absolute atomic E-state index is 12.1. The highest BCUT2D eigenvalue weighted by Crippen LogP contribution is 2.23. The van der Waals surface area contributed by atoms with Gasteiger partial charge in [0.1, 0.15) is 11.4 Å². The van der Waals surface area contributed by atoms with Crippen LogP contribution in [0, 0.1) is 10.1 Å². The summed E-state index contributed by atoms with van der Waals surface area (Å²) in [6, 6.07) is 12.6. The number of para-hydroxylation sites is 2. The first-order valence-electron chi connectivity index (χ1n) is 6.51. The van der Waals surface area contributed by atoms with Gasteiger partial charge in [-0.15, -0.1) is 0 Å². The highest BCUT2D eigenvalue weighted by molar-refractivity contribution is 7.80. The van der Waals surface area contributed by atoms with E-state index in [1.807, 2.05) is 0 Å². The van der Waals surface area contributed by atoms with Gasteiger partial charge in [0, 0.05) is 11.6 Å². The number of carbonyl (C=O) groups excluding carboxylic acids is 1. The number of nitrogens with one attached hydrogen (secondary N) is 2. The lowest BCUT2D eigenvalue weighted by Crippen LogP contribution is -2.34. The Kier molecular flexibility index (Phi) is 5.21. The topological polar surface area (TPSA) is 93.5 Å². The van der Waals surface area contributed by atoms with Crippen LogP contribution in [0.3, 0.4) is 0 Å². The first kappa shape index (κ1) is 16.4. The minimum atomic E-state index is -0.533. The van der Waals surface area contributed by atoms with Crippen LogP contribution in [0.15, 0.2) is 48.5 Å². The number of methoxy groups -OCH3 is 1. The molecule has 2 rings (SSSR count). The van der Waals surface area contributed by atoms with Crippen molar-refractivity contribution < 1.29 is 14.5 Å². The van der Waals surface area contributed by atoms with Crippen molar-refractivity contribution in [3.8, 4) is 5.75 Å².